The first-order valence-corrected chi connectivity index (χ1v) is 7.34. The van der Waals surface area contributed by atoms with E-state index in [0.717, 1.165) is 16.9 Å². The number of benzene rings is 2. The SMILES string of the molecule is CC(C)Oc1ccccc1CNC(CO)c1ccccc1. The molecular weight excluding hydrogens is 262 g/mol. The highest BCUT2D eigenvalue weighted by atomic mass is 16.5. The summed E-state index contributed by atoms with van der Waals surface area (Å²) in [5.74, 6) is 0.893. The molecule has 1 atom stereocenters. The van der Waals surface area contributed by atoms with Crippen molar-refractivity contribution in [1.82, 2.24) is 5.32 Å². The van der Waals surface area contributed by atoms with Crippen LogP contribution in [0.1, 0.15) is 31.0 Å². The highest BCUT2D eigenvalue weighted by molar-refractivity contribution is 5.33. The van der Waals surface area contributed by atoms with E-state index < -0.39 is 0 Å². The predicted molar refractivity (Wildman–Crippen MR) is 85.3 cm³/mol. The third-order valence-corrected chi connectivity index (χ3v) is 3.26. The average molecular weight is 285 g/mol. The third-order valence-electron chi connectivity index (χ3n) is 3.26. The van der Waals surface area contributed by atoms with E-state index in [0.29, 0.717) is 6.54 Å². The fourth-order valence-electron chi connectivity index (χ4n) is 2.23. The van der Waals surface area contributed by atoms with Crippen LogP contribution in [0, 0.1) is 0 Å². The van der Waals surface area contributed by atoms with Crippen LogP contribution in [-0.2, 0) is 6.54 Å². The minimum absolute atomic E-state index is 0.0667. The van der Waals surface area contributed by atoms with Gasteiger partial charge in [-0.25, -0.2) is 0 Å². The molecule has 0 saturated carbocycles. The second-order valence-electron chi connectivity index (χ2n) is 5.30. The zero-order valence-corrected chi connectivity index (χ0v) is 12.6. The number of aliphatic hydroxyl groups excluding tert-OH is 1. The van der Waals surface area contributed by atoms with Gasteiger partial charge >= 0.3 is 0 Å². The topological polar surface area (TPSA) is 41.5 Å². The van der Waals surface area contributed by atoms with Crippen molar-refractivity contribution >= 4 is 0 Å². The molecule has 0 fully saturated rings. The van der Waals surface area contributed by atoms with Gasteiger partial charge in [-0.15, -0.1) is 0 Å². The molecule has 0 aliphatic heterocycles. The molecule has 0 bridgehead atoms. The molecular formula is C18H23NO2. The quantitative estimate of drug-likeness (QED) is 0.820. The van der Waals surface area contributed by atoms with E-state index in [2.05, 4.69) is 5.32 Å². The Morgan fingerprint density at radius 1 is 1.00 bits per heavy atom. The lowest BCUT2D eigenvalue weighted by Gasteiger charge is -2.19. The summed E-state index contributed by atoms with van der Waals surface area (Å²) in [5, 5.41) is 13.0. The van der Waals surface area contributed by atoms with Crippen molar-refractivity contribution in [3.05, 3.63) is 65.7 Å². The van der Waals surface area contributed by atoms with Gasteiger partial charge in [0, 0.05) is 12.1 Å². The Hall–Kier alpha value is -1.84. The Kier molecular flexibility index (Phi) is 5.78. The number of rotatable bonds is 7. The monoisotopic (exact) mass is 285 g/mol. The highest BCUT2D eigenvalue weighted by Crippen LogP contribution is 2.20. The average Bonchev–Trinajstić information content (AvgIpc) is 2.50. The molecule has 0 spiro atoms. The van der Waals surface area contributed by atoms with E-state index in [1.165, 1.54) is 0 Å². The van der Waals surface area contributed by atoms with Crippen LogP contribution in [0.5, 0.6) is 5.75 Å². The summed E-state index contributed by atoms with van der Waals surface area (Å²) < 4.78 is 5.81. The molecule has 0 amide bonds. The lowest BCUT2D eigenvalue weighted by atomic mass is 10.1. The van der Waals surface area contributed by atoms with Crippen molar-refractivity contribution in [1.29, 1.82) is 0 Å². The van der Waals surface area contributed by atoms with Crippen molar-refractivity contribution in [2.75, 3.05) is 6.61 Å². The van der Waals surface area contributed by atoms with E-state index in [9.17, 15) is 5.11 Å². The minimum Gasteiger partial charge on any atom is -0.491 e. The molecule has 2 aromatic rings. The van der Waals surface area contributed by atoms with Crippen molar-refractivity contribution in [3.63, 3.8) is 0 Å². The van der Waals surface area contributed by atoms with E-state index in [1.807, 2.05) is 68.4 Å². The molecule has 21 heavy (non-hydrogen) atoms. The smallest absolute Gasteiger partial charge is 0.124 e. The Morgan fingerprint density at radius 3 is 2.33 bits per heavy atom. The number of hydrogen-bond acceptors (Lipinski definition) is 3. The summed E-state index contributed by atoms with van der Waals surface area (Å²) in [7, 11) is 0. The maximum atomic E-state index is 9.58. The number of nitrogens with one attached hydrogen (secondary N) is 1. The molecule has 2 aromatic carbocycles. The first kappa shape index (κ1) is 15.5. The van der Waals surface area contributed by atoms with Gasteiger partial charge in [-0.3, -0.25) is 0 Å². The molecule has 0 aliphatic rings. The first-order chi connectivity index (χ1) is 10.2. The van der Waals surface area contributed by atoms with E-state index >= 15 is 0 Å². The van der Waals surface area contributed by atoms with Gasteiger partial charge in [0.1, 0.15) is 5.75 Å². The normalized spacial score (nSPS) is 12.4. The van der Waals surface area contributed by atoms with Crippen molar-refractivity contribution < 1.29 is 9.84 Å². The van der Waals surface area contributed by atoms with E-state index in [1.54, 1.807) is 0 Å². The zero-order chi connectivity index (χ0) is 15.1. The Balaban J connectivity index is 2.05. The van der Waals surface area contributed by atoms with Crippen LogP contribution >= 0.6 is 0 Å². The second kappa shape index (κ2) is 7.81. The third kappa shape index (κ3) is 4.59. The van der Waals surface area contributed by atoms with Crippen LogP contribution in [0.4, 0.5) is 0 Å². The molecule has 3 heteroatoms. The minimum atomic E-state index is -0.0710. The van der Waals surface area contributed by atoms with E-state index in [-0.39, 0.29) is 18.8 Å². The molecule has 0 radical (unpaired) electrons. The maximum Gasteiger partial charge on any atom is 0.124 e. The van der Waals surface area contributed by atoms with Crippen LogP contribution in [0.3, 0.4) is 0 Å². The number of para-hydroxylation sites is 1. The van der Waals surface area contributed by atoms with Crippen LogP contribution in [0.2, 0.25) is 0 Å². The molecule has 0 aliphatic carbocycles. The van der Waals surface area contributed by atoms with Gasteiger partial charge in [-0.1, -0.05) is 48.5 Å². The van der Waals surface area contributed by atoms with Crippen molar-refractivity contribution in [2.24, 2.45) is 0 Å². The van der Waals surface area contributed by atoms with Crippen molar-refractivity contribution in [3.8, 4) is 5.75 Å². The summed E-state index contributed by atoms with van der Waals surface area (Å²) in [6.07, 6.45) is 0.147. The van der Waals surface area contributed by atoms with Gasteiger partial charge in [-0.05, 0) is 25.5 Å². The molecule has 112 valence electrons. The fourth-order valence-corrected chi connectivity index (χ4v) is 2.23. The van der Waals surface area contributed by atoms with Gasteiger partial charge in [-0.2, -0.15) is 0 Å². The lowest BCUT2D eigenvalue weighted by molar-refractivity contribution is 0.232. The summed E-state index contributed by atoms with van der Waals surface area (Å²) >= 11 is 0. The molecule has 2 rings (SSSR count). The van der Waals surface area contributed by atoms with Gasteiger partial charge in [0.05, 0.1) is 18.8 Å². The molecule has 2 N–H and O–H groups in total. The lowest BCUT2D eigenvalue weighted by Crippen LogP contribution is -2.24. The summed E-state index contributed by atoms with van der Waals surface area (Å²) in [6, 6.07) is 17.9. The summed E-state index contributed by atoms with van der Waals surface area (Å²) in [6.45, 7) is 4.76. The first-order valence-electron chi connectivity index (χ1n) is 7.34. The Morgan fingerprint density at radius 2 is 1.67 bits per heavy atom. The molecule has 1 unspecified atom stereocenters. The molecule has 0 saturated heterocycles. The van der Waals surface area contributed by atoms with E-state index in [4.69, 9.17) is 4.74 Å². The Bertz CT molecular complexity index is 540. The summed E-state index contributed by atoms with van der Waals surface area (Å²) in [5.41, 5.74) is 2.18. The standard InChI is InChI=1S/C18H23NO2/c1-14(2)21-18-11-7-6-10-16(18)12-19-17(13-20)15-8-4-3-5-9-15/h3-11,14,17,19-20H,12-13H2,1-2H3. The number of aliphatic hydroxyl groups is 1. The largest absolute Gasteiger partial charge is 0.491 e. The number of ether oxygens (including phenoxy) is 1. The van der Waals surface area contributed by atoms with Crippen LogP contribution in [0.15, 0.2) is 54.6 Å². The maximum absolute atomic E-state index is 9.58. The fraction of sp³-hybridized carbons (Fsp3) is 0.333. The summed E-state index contributed by atoms with van der Waals surface area (Å²) in [4.78, 5) is 0. The molecule has 0 heterocycles. The zero-order valence-electron chi connectivity index (χ0n) is 12.6. The van der Waals surface area contributed by atoms with Crippen molar-refractivity contribution in [2.45, 2.75) is 32.5 Å². The Labute approximate surface area is 126 Å². The number of hydrogen-bond donors (Lipinski definition) is 2. The van der Waals surface area contributed by atoms with Gasteiger partial charge in [0.2, 0.25) is 0 Å². The van der Waals surface area contributed by atoms with Crippen LogP contribution in [-0.4, -0.2) is 17.8 Å². The second-order valence-corrected chi connectivity index (χ2v) is 5.30. The van der Waals surface area contributed by atoms with Crippen LogP contribution < -0.4 is 10.1 Å². The van der Waals surface area contributed by atoms with Gasteiger partial charge in [0.15, 0.2) is 0 Å². The van der Waals surface area contributed by atoms with Gasteiger partial charge in [0.25, 0.3) is 0 Å². The van der Waals surface area contributed by atoms with Crippen LogP contribution in [0.25, 0.3) is 0 Å². The molecule has 0 aromatic heterocycles. The van der Waals surface area contributed by atoms with Gasteiger partial charge < -0.3 is 15.2 Å². The molecule has 3 nitrogen and oxygen atoms in total. The highest BCUT2D eigenvalue weighted by Gasteiger charge is 2.11. The predicted octanol–water partition coefficient (Wildman–Crippen LogP) is 3.30.